The minimum atomic E-state index is -2.23. The number of amides is 1. The SMILES string of the molecule is CC1(C)CC[C@]2(C(=O)O[C@@H]3OC(CO)[C@H](NC(=O)CO[C@@H]4O[C@H](CO)C(O)C4O)C(O)C3O[C@@H]3OC[C@H](O)C(O)C3O)C(O)C[C@]3(C)C(=CCC4C5(C)CC[C@H](O[C@@H]6OC(C(=O)O)[C@H](O)[C@H](O[C@@H]7OC[C@H](O)[C@H](O)C7O)C6O[C@@H]6OC(CO)[C@H](O)[C@H](O)C6O)[C@](C)(C=O)[C@@H]5CC[C@@]43C)C2C1. The Morgan fingerprint density at radius 3 is 1.72 bits per heavy atom. The van der Waals surface area contributed by atoms with Gasteiger partial charge in [0.15, 0.2) is 43.7 Å². The van der Waals surface area contributed by atoms with Gasteiger partial charge >= 0.3 is 11.9 Å². The van der Waals surface area contributed by atoms with Crippen molar-refractivity contribution in [3.05, 3.63) is 11.6 Å². The van der Waals surface area contributed by atoms with E-state index in [0.29, 0.717) is 38.5 Å². The number of aliphatic carboxylic acids is 1. The van der Waals surface area contributed by atoms with E-state index in [4.69, 9.17) is 56.8 Å². The summed E-state index contributed by atoms with van der Waals surface area (Å²) in [5.74, 6) is -5.21. The molecule has 0 aromatic rings. The van der Waals surface area contributed by atoms with Crippen molar-refractivity contribution in [1.29, 1.82) is 0 Å². The number of fused-ring (bicyclic) bond motifs is 7. The summed E-state index contributed by atoms with van der Waals surface area (Å²) in [5, 5.41) is 198. The third-order valence-electron chi connectivity index (χ3n) is 25.0. The van der Waals surface area contributed by atoms with Gasteiger partial charge in [0.1, 0.15) is 128 Å². The first-order valence-corrected chi connectivity index (χ1v) is 34.3. The van der Waals surface area contributed by atoms with Crippen LogP contribution in [0.4, 0.5) is 0 Å². The Balaban J connectivity index is 0.869. The first-order chi connectivity index (χ1) is 47.0. The van der Waals surface area contributed by atoms with Gasteiger partial charge in [-0.25, -0.2) is 4.79 Å². The van der Waals surface area contributed by atoms with Gasteiger partial charge in [-0.15, -0.1) is 0 Å². The quantitative estimate of drug-likeness (QED) is 0.0247. The number of carboxylic acid groups (broad SMARTS) is 1. The number of rotatable bonds is 19. The Kier molecular flexibility index (Phi) is 22.9. The van der Waals surface area contributed by atoms with Gasteiger partial charge < -0.3 is 159 Å². The lowest BCUT2D eigenvalue weighted by molar-refractivity contribution is -0.391. The maximum Gasteiger partial charge on any atom is 0.335 e. The molecule has 16 unspecified atom stereocenters. The molecule has 35 nitrogen and oxygen atoms in total. The fourth-order valence-electron chi connectivity index (χ4n) is 18.9. The van der Waals surface area contributed by atoms with Gasteiger partial charge in [0.25, 0.3) is 0 Å². The Bertz CT molecular complexity index is 2930. The zero-order valence-corrected chi connectivity index (χ0v) is 56.3. The number of aliphatic hydroxyl groups excluding tert-OH is 17. The molecule has 37 atom stereocenters. The van der Waals surface area contributed by atoms with Crippen molar-refractivity contribution in [2.75, 3.05) is 39.6 Å². The van der Waals surface area contributed by atoms with Crippen LogP contribution in [0.5, 0.6) is 0 Å². The lowest BCUT2D eigenvalue weighted by Crippen LogP contribution is -2.70. The third-order valence-corrected chi connectivity index (χ3v) is 25.0. The Morgan fingerprint density at radius 1 is 0.560 bits per heavy atom. The van der Waals surface area contributed by atoms with Crippen LogP contribution in [0.3, 0.4) is 0 Å². The van der Waals surface area contributed by atoms with E-state index in [9.17, 15) is 106 Å². The molecule has 1 amide bonds. The molecule has 0 aromatic heterocycles. The second kappa shape index (κ2) is 29.5. The molecule has 6 saturated heterocycles. The predicted octanol–water partition coefficient (Wildman–Crippen LogP) is -7.11. The number of ether oxygens (including phenoxy) is 12. The third kappa shape index (κ3) is 13.3. The van der Waals surface area contributed by atoms with E-state index >= 15 is 4.79 Å². The van der Waals surface area contributed by atoms with Crippen molar-refractivity contribution in [2.24, 2.45) is 50.2 Å². The molecule has 35 heteroatoms. The summed E-state index contributed by atoms with van der Waals surface area (Å²) in [6, 6.07) is -1.62. The van der Waals surface area contributed by atoms with E-state index < -0.39 is 280 Å². The van der Waals surface area contributed by atoms with Gasteiger partial charge in [0.05, 0.1) is 56.7 Å². The van der Waals surface area contributed by atoms with Crippen molar-refractivity contribution < 1.29 is 168 Å². The second-order valence-electron chi connectivity index (χ2n) is 31.1. The van der Waals surface area contributed by atoms with Gasteiger partial charge in [-0.05, 0) is 97.2 Å². The highest BCUT2D eigenvalue weighted by Gasteiger charge is 2.73. The van der Waals surface area contributed by atoms with Gasteiger partial charge in [-0.2, -0.15) is 0 Å². The molecule has 100 heavy (non-hydrogen) atoms. The number of aliphatic hydroxyl groups is 17. The Hall–Kier alpha value is -3.30. The number of carbonyl (C=O) groups is 4. The number of carbonyl (C=O) groups excluding carboxylic acids is 3. The number of esters is 1. The number of aldehydes is 1. The number of hydrogen-bond donors (Lipinski definition) is 19. The molecule has 4 saturated carbocycles. The zero-order valence-electron chi connectivity index (χ0n) is 56.3. The maximum absolute atomic E-state index is 15.8. The average molecular weight is 1440 g/mol. The zero-order chi connectivity index (χ0) is 73.0. The van der Waals surface area contributed by atoms with E-state index in [-0.39, 0.29) is 25.2 Å². The smallest absolute Gasteiger partial charge is 0.335 e. The topological polar surface area (TPSA) is 555 Å². The highest BCUT2D eigenvalue weighted by atomic mass is 16.8. The normalized spacial score (nSPS) is 52.4. The van der Waals surface area contributed by atoms with Crippen LogP contribution in [-0.4, -0.2) is 334 Å². The summed E-state index contributed by atoms with van der Waals surface area (Å²) in [6.07, 6.45) is -45.2. The highest BCUT2D eigenvalue weighted by molar-refractivity contribution is 5.80. The molecule has 11 aliphatic rings. The fraction of sp³-hybridized carbons (Fsp3) is 0.908. The van der Waals surface area contributed by atoms with Crippen molar-refractivity contribution >= 4 is 24.1 Å². The lowest BCUT2D eigenvalue weighted by Gasteiger charge is -2.71. The second-order valence-corrected chi connectivity index (χ2v) is 31.1. The summed E-state index contributed by atoms with van der Waals surface area (Å²) in [4.78, 5) is 56.5. The molecule has 0 spiro atoms. The summed E-state index contributed by atoms with van der Waals surface area (Å²) in [7, 11) is 0. The average Bonchev–Trinajstić information content (AvgIpc) is 0.710. The van der Waals surface area contributed by atoms with Gasteiger partial charge in [0, 0.05) is 0 Å². The summed E-state index contributed by atoms with van der Waals surface area (Å²) in [6.45, 7) is 7.52. The molecule has 6 aliphatic heterocycles. The van der Waals surface area contributed by atoms with Crippen molar-refractivity contribution in [2.45, 2.75) is 277 Å². The van der Waals surface area contributed by atoms with Crippen LogP contribution in [-0.2, 0) is 76.0 Å². The van der Waals surface area contributed by atoms with Crippen molar-refractivity contribution in [3.63, 3.8) is 0 Å². The number of allylic oxidation sites excluding steroid dienone is 2. The summed E-state index contributed by atoms with van der Waals surface area (Å²) >= 11 is 0. The molecule has 11 rings (SSSR count). The van der Waals surface area contributed by atoms with Crippen LogP contribution in [0.25, 0.3) is 0 Å². The molecular formula is C65H101NO34. The fourth-order valence-corrected chi connectivity index (χ4v) is 18.9. The first kappa shape index (κ1) is 77.8. The van der Waals surface area contributed by atoms with Gasteiger partial charge in [0.2, 0.25) is 12.2 Å². The Labute approximate surface area is 574 Å². The number of carboxylic acids is 1. The van der Waals surface area contributed by atoms with Crippen molar-refractivity contribution in [1.82, 2.24) is 5.32 Å². The molecule has 5 aliphatic carbocycles. The van der Waals surface area contributed by atoms with Crippen LogP contribution in [0.1, 0.15) is 99.3 Å². The molecule has 6 heterocycles. The van der Waals surface area contributed by atoms with E-state index in [1.165, 1.54) is 0 Å². The highest BCUT2D eigenvalue weighted by Crippen LogP contribution is 2.76. The summed E-state index contributed by atoms with van der Waals surface area (Å²) in [5.41, 5.74) is -5.04. The van der Waals surface area contributed by atoms with Crippen LogP contribution >= 0.6 is 0 Å². The van der Waals surface area contributed by atoms with E-state index in [0.717, 1.165) is 11.9 Å². The molecule has 0 radical (unpaired) electrons. The molecular weight excluding hydrogens is 1340 g/mol. The van der Waals surface area contributed by atoms with E-state index in [1.54, 1.807) is 6.92 Å². The minimum absolute atomic E-state index is 0.000822. The van der Waals surface area contributed by atoms with Crippen LogP contribution < -0.4 is 5.32 Å². The molecule has 10 fully saturated rings. The largest absolute Gasteiger partial charge is 0.479 e. The standard InChI is InChI=1S/C65H101NO34/c1-60(2)13-14-65(59(88)100-57-50(98-55-44(82)38(76)27(72)21-90-55)41(79)36(28(17-67)92-57)66-35(74)22-91-53-45(83)40(78)30(19-69)93-53)25(15-60)24-7-8-32-61(3)11-10-34(62(4,23-70)31(61)9-12-63(32,5)64(24,6)16-33(65)73)95-58-51(99-56-46(84)42(80)39(77)29(18-68)94-56)48(47(85)49(97-58)52(86)87)96-54-43(81)37(75)26(71)20-89-54/h7,23,25-34,36-51,53-58,67-69,71-73,75-85H,8-22H2,1-6H3,(H,66,74)(H,86,87)/t25?,26-,27-,28?,29?,30+,31+,32?,33?,34-,36-,37-,38?,39-,40?,41?,42-,43?,44?,45?,46?,47+,48-,49?,50?,51?,53+,54-,55-,56-,57-,58+,61?,62+,63-,64+,65+/m0/s1. The lowest BCUT2D eigenvalue weighted by atomic mass is 9.33. The maximum atomic E-state index is 15.8. The molecule has 19 N–H and O–H groups in total. The van der Waals surface area contributed by atoms with Crippen LogP contribution in [0.15, 0.2) is 11.6 Å². The molecule has 570 valence electrons. The minimum Gasteiger partial charge on any atom is -0.479 e. The van der Waals surface area contributed by atoms with E-state index in [1.807, 2.05) is 13.8 Å². The Morgan fingerprint density at radius 2 is 1.12 bits per heavy atom. The van der Waals surface area contributed by atoms with Crippen LogP contribution in [0, 0.1) is 50.2 Å². The molecule has 0 bridgehead atoms. The van der Waals surface area contributed by atoms with Gasteiger partial charge in [-0.1, -0.05) is 53.2 Å². The first-order valence-electron chi connectivity index (χ1n) is 34.3. The van der Waals surface area contributed by atoms with Crippen molar-refractivity contribution in [3.8, 4) is 0 Å². The predicted molar refractivity (Wildman–Crippen MR) is 325 cm³/mol. The van der Waals surface area contributed by atoms with E-state index in [2.05, 4.69) is 32.2 Å². The van der Waals surface area contributed by atoms with Gasteiger partial charge in [-0.3, -0.25) is 9.59 Å². The van der Waals surface area contributed by atoms with Crippen LogP contribution in [0.2, 0.25) is 0 Å². The number of hydrogen-bond acceptors (Lipinski definition) is 33. The number of nitrogens with one attached hydrogen (secondary N) is 1. The summed E-state index contributed by atoms with van der Waals surface area (Å²) < 4.78 is 71.0. The molecule has 0 aromatic carbocycles. The monoisotopic (exact) mass is 1440 g/mol.